The van der Waals surface area contributed by atoms with Crippen LogP contribution in [0.5, 0.6) is 0 Å². The minimum atomic E-state index is -0.851. The smallest absolute Gasteiger partial charge is 0.305 e. The zero-order valence-corrected chi connectivity index (χ0v) is 44.9. The molecule has 0 aliphatic rings. The summed E-state index contributed by atoms with van der Waals surface area (Å²) in [6.07, 6.45) is 70.2. The molecule has 0 spiro atoms. The van der Waals surface area contributed by atoms with Gasteiger partial charge in [0.1, 0.15) is 0 Å². The molecule has 6 nitrogen and oxygen atoms in total. The zero-order valence-electron chi connectivity index (χ0n) is 44.9. The highest BCUT2D eigenvalue weighted by atomic mass is 16.5. The van der Waals surface area contributed by atoms with Gasteiger partial charge in [-0.25, -0.2) is 0 Å². The Bertz CT molecular complexity index is 1090. The summed E-state index contributed by atoms with van der Waals surface area (Å²) in [4.78, 5) is 24.5. The van der Waals surface area contributed by atoms with Gasteiger partial charge < -0.3 is 20.3 Å². The maximum atomic E-state index is 12.5. The van der Waals surface area contributed by atoms with Gasteiger partial charge in [-0.3, -0.25) is 9.59 Å². The van der Waals surface area contributed by atoms with Crippen LogP contribution in [-0.4, -0.2) is 47.4 Å². The molecule has 0 heterocycles. The number of hydrogen-bond acceptors (Lipinski definition) is 5. The lowest BCUT2D eigenvalue weighted by Gasteiger charge is -2.20. The predicted molar refractivity (Wildman–Crippen MR) is 292 cm³/mol. The maximum Gasteiger partial charge on any atom is 0.305 e. The summed E-state index contributed by atoms with van der Waals surface area (Å²) in [5.74, 6) is -0.0831. The summed E-state index contributed by atoms with van der Waals surface area (Å²) in [5.41, 5.74) is 0. The molecule has 0 aromatic heterocycles. The van der Waals surface area contributed by atoms with Crippen LogP contribution in [0, 0.1) is 0 Å². The largest absolute Gasteiger partial charge is 0.466 e. The van der Waals surface area contributed by atoms with Crippen LogP contribution in [0.15, 0.2) is 36.5 Å². The van der Waals surface area contributed by atoms with Crippen molar-refractivity contribution in [3.63, 3.8) is 0 Å². The van der Waals surface area contributed by atoms with Gasteiger partial charge in [0, 0.05) is 12.8 Å². The topological polar surface area (TPSA) is 95.9 Å². The number of esters is 1. The molecule has 0 saturated carbocycles. The van der Waals surface area contributed by atoms with Gasteiger partial charge in [-0.05, 0) is 83.5 Å². The van der Waals surface area contributed by atoms with Crippen molar-refractivity contribution in [3.8, 4) is 0 Å². The van der Waals surface area contributed by atoms with Gasteiger partial charge in [-0.15, -0.1) is 0 Å². The Morgan fingerprint density at radius 2 is 0.701 bits per heavy atom. The Morgan fingerprint density at radius 1 is 0.403 bits per heavy atom. The number of aliphatic hydroxyl groups excluding tert-OH is 2. The lowest BCUT2D eigenvalue weighted by Crippen LogP contribution is -2.45. The minimum Gasteiger partial charge on any atom is -0.466 e. The van der Waals surface area contributed by atoms with Crippen LogP contribution in [0.4, 0.5) is 0 Å². The van der Waals surface area contributed by atoms with Crippen LogP contribution >= 0.6 is 0 Å². The monoisotopic (exact) mass is 942 g/mol. The van der Waals surface area contributed by atoms with Gasteiger partial charge in [-0.2, -0.15) is 0 Å². The molecular formula is C61H115NO5. The molecule has 394 valence electrons. The molecule has 2 unspecified atom stereocenters. The van der Waals surface area contributed by atoms with Crippen molar-refractivity contribution in [2.24, 2.45) is 0 Å². The van der Waals surface area contributed by atoms with Crippen molar-refractivity contribution >= 4 is 11.9 Å². The zero-order chi connectivity index (χ0) is 48.6. The lowest BCUT2D eigenvalue weighted by molar-refractivity contribution is -0.143. The Labute approximate surface area is 417 Å². The summed E-state index contributed by atoms with van der Waals surface area (Å²) in [6.45, 7) is 4.88. The summed E-state index contributed by atoms with van der Waals surface area (Å²) in [6, 6.07) is -0.636. The molecule has 0 fully saturated rings. The number of carbonyl (C=O) groups excluding carboxylic acids is 2. The third-order valence-electron chi connectivity index (χ3n) is 13.6. The van der Waals surface area contributed by atoms with E-state index in [0.717, 1.165) is 51.4 Å². The molecule has 2 atom stereocenters. The van der Waals surface area contributed by atoms with Crippen molar-refractivity contribution < 1.29 is 24.5 Å². The number of aliphatic hydroxyl groups is 2. The average Bonchev–Trinajstić information content (AvgIpc) is 3.33. The fourth-order valence-electron chi connectivity index (χ4n) is 9.03. The van der Waals surface area contributed by atoms with Crippen molar-refractivity contribution in [1.29, 1.82) is 0 Å². The Hall–Kier alpha value is -1.92. The average molecular weight is 943 g/mol. The van der Waals surface area contributed by atoms with E-state index in [1.54, 1.807) is 6.08 Å². The van der Waals surface area contributed by atoms with Crippen LogP contribution < -0.4 is 5.32 Å². The lowest BCUT2D eigenvalue weighted by atomic mass is 10.0. The third kappa shape index (κ3) is 53.3. The molecule has 3 N–H and O–H groups in total. The molecule has 6 heteroatoms. The molecule has 67 heavy (non-hydrogen) atoms. The van der Waals surface area contributed by atoms with Gasteiger partial charge in [0.2, 0.25) is 5.91 Å². The van der Waals surface area contributed by atoms with E-state index in [4.69, 9.17) is 4.74 Å². The highest BCUT2D eigenvalue weighted by Gasteiger charge is 2.18. The van der Waals surface area contributed by atoms with Crippen LogP contribution in [0.25, 0.3) is 0 Å². The van der Waals surface area contributed by atoms with E-state index in [1.165, 1.54) is 238 Å². The summed E-state index contributed by atoms with van der Waals surface area (Å²) >= 11 is 0. The first-order valence-corrected chi connectivity index (χ1v) is 29.8. The number of unbranched alkanes of at least 4 members (excludes halogenated alkanes) is 40. The molecule has 0 aliphatic heterocycles. The highest BCUT2D eigenvalue weighted by molar-refractivity contribution is 5.76. The van der Waals surface area contributed by atoms with E-state index in [0.29, 0.717) is 19.4 Å². The van der Waals surface area contributed by atoms with Gasteiger partial charge in [0.25, 0.3) is 0 Å². The number of carbonyl (C=O) groups is 2. The van der Waals surface area contributed by atoms with Gasteiger partial charge in [-0.1, -0.05) is 256 Å². The first-order valence-electron chi connectivity index (χ1n) is 29.8. The minimum absolute atomic E-state index is 0.00700. The van der Waals surface area contributed by atoms with E-state index in [-0.39, 0.29) is 18.5 Å². The number of rotatable bonds is 55. The van der Waals surface area contributed by atoms with E-state index in [2.05, 4.69) is 43.5 Å². The van der Waals surface area contributed by atoms with Crippen LogP contribution in [0.2, 0.25) is 0 Å². The fourth-order valence-corrected chi connectivity index (χ4v) is 9.03. The molecule has 0 rings (SSSR count). The molecule has 0 aromatic carbocycles. The van der Waals surface area contributed by atoms with E-state index >= 15 is 0 Å². The molecule has 0 aliphatic carbocycles. The summed E-state index contributed by atoms with van der Waals surface area (Å²) in [5, 5.41) is 23.2. The molecule has 1 amide bonds. The second-order valence-electron chi connectivity index (χ2n) is 20.3. The first-order chi connectivity index (χ1) is 33.0. The van der Waals surface area contributed by atoms with Crippen molar-refractivity contribution in [2.75, 3.05) is 13.2 Å². The second kappa shape index (κ2) is 56.7. The Kier molecular flexibility index (Phi) is 55.0. The first kappa shape index (κ1) is 65.1. The highest BCUT2D eigenvalue weighted by Crippen LogP contribution is 2.16. The van der Waals surface area contributed by atoms with Gasteiger partial charge >= 0.3 is 5.97 Å². The number of allylic oxidation sites excluding steroid dienone is 5. The SMILES string of the molecule is CCCCC/C=C\CCCCCCCC(=O)OCCCCCCCCCC/C=C\CCCCCCCCCC(=O)NC(CO)C(O)/C=C/CCCCCCCCCCCCCCCCCCC. The van der Waals surface area contributed by atoms with E-state index in [1.807, 2.05) is 6.08 Å². The fraction of sp³-hybridized carbons (Fsp3) is 0.869. The molecule has 0 aromatic rings. The quantitative estimate of drug-likeness (QED) is 0.0321. The van der Waals surface area contributed by atoms with E-state index < -0.39 is 12.1 Å². The van der Waals surface area contributed by atoms with Crippen LogP contribution in [-0.2, 0) is 14.3 Å². The number of amides is 1. The number of ether oxygens (including phenoxy) is 1. The molecule has 0 bridgehead atoms. The van der Waals surface area contributed by atoms with Gasteiger partial charge in [0.15, 0.2) is 0 Å². The van der Waals surface area contributed by atoms with Crippen LogP contribution in [0.1, 0.15) is 316 Å². The van der Waals surface area contributed by atoms with Gasteiger partial charge in [0.05, 0.1) is 25.4 Å². The normalized spacial score (nSPS) is 12.8. The van der Waals surface area contributed by atoms with Crippen molar-refractivity contribution in [1.82, 2.24) is 5.32 Å². The Morgan fingerprint density at radius 3 is 1.09 bits per heavy atom. The number of hydrogen-bond donors (Lipinski definition) is 3. The Balaban J connectivity index is 3.49. The molecule has 0 saturated heterocycles. The number of nitrogens with one attached hydrogen (secondary N) is 1. The molecule has 0 radical (unpaired) electrons. The van der Waals surface area contributed by atoms with Crippen molar-refractivity contribution in [2.45, 2.75) is 328 Å². The predicted octanol–water partition coefficient (Wildman–Crippen LogP) is 18.4. The summed E-state index contributed by atoms with van der Waals surface area (Å²) in [7, 11) is 0. The van der Waals surface area contributed by atoms with E-state index in [9.17, 15) is 19.8 Å². The van der Waals surface area contributed by atoms with Crippen LogP contribution in [0.3, 0.4) is 0 Å². The van der Waals surface area contributed by atoms with Crippen molar-refractivity contribution in [3.05, 3.63) is 36.5 Å². The standard InChI is InChI=1S/C61H115NO5/c1-3-5-7-9-11-13-15-17-18-19-21-24-27-30-33-37-41-45-49-53-59(64)58(57-63)62-60(65)54-50-46-42-38-34-31-28-25-22-20-23-26-29-32-36-40-44-48-52-56-67-61(66)55-51-47-43-39-35-16-14-12-10-8-6-4-2/h12,14,20,22,49,53,58-59,63-64H,3-11,13,15-19,21,23-48,50-52,54-57H2,1-2H3,(H,62,65)/b14-12-,22-20-,53-49+. The second-order valence-corrected chi connectivity index (χ2v) is 20.3. The molecular weight excluding hydrogens is 827 g/mol. The third-order valence-corrected chi connectivity index (χ3v) is 13.6. The summed E-state index contributed by atoms with van der Waals surface area (Å²) < 4.78 is 5.46. The maximum absolute atomic E-state index is 12.5.